The van der Waals surface area contributed by atoms with Crippen molar-refractivity contribution in [1.82, 2.24) is 24.6 Å². The summed E-state index contributed by atoms with van der Waals surface area (Å²) in [6.07, 6.45) is 10.7. The molecule has 5 N–H and O–H groups in total. The number of aliphatic carboxylic acids is 1. The Hall–Kier alpha value is -3.53. The minimum atomic E-state index is -0.827. The van der Waals surface area contributed by atoms with E-state index >= 15 is 0 Å². The van der Waals surface area contributed by atoms with Gasteiger partial charge in [0.2, 0.25) is 0 Å². The van der Waals surface area contributed by atoms with Gasteiger partial charge in [0.1, 0.15) is 5.75 Å². The second-order valence-electron chi connectivity index (χ2n) is 7.95. The normalized spacial score (nSPS) is 17.6. The molecule has 0 radical (unpaired) electrons. The van der Waals surface area contributed by atoms with Crippen LogP contribution < -0.4 is 20.1 Å². The molecule has 5 rings (SSSR count). The van der Waals surface area contributed by atoms with Gasteiger partial charge in [0.05, 0.1) is 37.4 Å². The summed E-state index contributed by atoms with van der Waals surface area (Å²) in [5.74, 6) is 0.562. The average molecular weight is 467 g/mol. The number of nitrogens with zero attached hydrogens (tertiary/aromatic N) is 2. The van der Waals surface area contributed by atoms with Gasteiger partial charge in [-0.25, -0.2) is 0 Å². The molecule has 9 nitrogen and oxygen atoms in total. The van der Waals surface area contributed by atoms with Gasteiger partial charge in [0, 0.05) is 54.6 Å². The molecule has 0 fully saturated rings. The lowest BCUT2D eigenvalue weighted by Crippen LogP contribution is -2.34. The Morgan fingerprint density at radius 2 is 2.33 bits per heavy atom. The molecule has 2 aromatic rings. The molecule has 1 aromatic carbocycles. The molecule has 0 saturated heterocycles. The monoisotopic (exact) mass is 466 g/mol. The van der Waals surface area contributed by atoms with Crippen molar-refractivity contribution in [2.24, 2.45) is 4.99 Å². The van der Waals surface area contributed by atoms with Crippen molar-refractivity contribution in [3.63, 3.8) is 0 Å². The number of carbonyl (C=O) groups is 1. The molecular weight excluding hydrogens is 440 g/mol. The zero-order valence-corrected chi connectivity index (χ0v) is 18.8. The van der Waals surface area contributed by atoms with Crippen LogP contribution in [-0.2, 0) is 4.79 Å². The highest BCUT2D eigenvalue weighted by atomic mass is 32.2. The summed E-state index contributed by atoms with van der Waals surface area (Å²) in [7, 11) is 0. The zero-order valence-electron chi connectivity index (χ0n) is 18.0. The second kappa shape index (κ2) is 9.53. The van der Waals surface area contributed by atoms with Gasteiger partial charge < -0.3 is 30.2 Å². The fourth-order valence-electron chi connectivity index (χ4n) is 4.14. The van der Waals surface area contributed by atoms with Crippen LogP contribution in [0.5, 0.6) is 5.75 Å². The first-order valence-electron chi connectivity index (χ1n) is 11.0. The molecule has 10 heteroatoms. The highest BCUT2D eigenvalue weighted by molar-refractivity contribution is 7.95. The van der Waals surface area contributed by atoms with Crippen molar-refractivity contribution in [2.75, 3.05) is 26.2 Å². The summed E-state index contributed by atoms with van der Waals surface area (Å²) in [6.45, 7) is 3.10. The number of nitrogens with one attached hydrogen (secondary N) is 4. The topological polar surface area (TPSA) is 114 Å². The van der Waals surface area contributed by atoms with Crippen molar-refractivity contribution in [3.05, 3.63) is 65.8 Å². The van der Waals surface area contributed by atoms with Crippen molar-refractivity contribution < 1.29 is 14.6 Å². The fourth-order valence-corrected chi connectivity index (χ4v) is 4.76. The lowest BCUT2D eigenvalue weighted by atomic mass is 9.86. The van der Waals surface area contributed by atoms with Gasteiger partial charge in [-0.15, -0.1) is 0 Å². The summed E-state index contributed by atoms with van der Waals surface area (Å²) in [5.41, 5.74) is 3.88. The Kier molecular flexibility index (Phi) is 6.16. The standard InChI is InChI=1S/C23H26N6O3S/c30-22(31)12-19(15-4-8-29-16(10-15)13-28-33-29)20-14-27-21-11-17(2-3-18(20)21)32-9-1-5-24-23-25-6-7-26-23/h2-4,8,10-11,13-14,19,27-28H,1,5-7,9,12H2,(H,30,31)(H2,24,25,26). The third kappa shape index (κ3) is 4.80. The van der Waals surface area contributed by atoms with Crippen LogP contribution in [0.15, 0.2) is 65.2 Å². The number of aromatic nitrogens is 1. The largest absolute Gasteiger partial charge is 0.493 e. The van der Waals surface area contributed by atoms with Crippen LogP contribution in [-0.4, -0.2) is 52.6 Å². The Labute approximate surface area is 195 Å². The van der Waals surface area contributed by atoms with Crippen molar-refractivity contribution in [3.8, 4) is 5.75 Å². The summed E-state index contributed by atoms with van der Waals surface area (Å²) in [4.78, 5) is 19.3. The van der Waals surface area contributed by atoms with Gasteiger partial charge in [-0.3, -0.25) is 14.1 Å². The third-order valence-electron chi connectivity index (χ3n) is 5.73. The first-order chi connectivity index (χ1) is 16.2. The molecule has 4 heterocycles. The number of aliphatic imine (C=N–C) groups is 1. The van der Waals surface area contributed by atoms with E-state index in [-0.39, 0.29) is 12.3 Å². The zero-order chi connectivity index (χ0) is 22.6. The van der Waals surface area contributed by atoms with Crippen LogP contribution in [0.25, 0.3) is 10.9 Å². The molecule has 3 aliphatic rings. The van der Waals surface area contributed by atoms with Gasteiger partial charge >= 0.3 is 5.97 Å². The average Bonchev–Trinajstić information content (AvgIpc) is 3.57. The van der Waals surface area contributed by atoms with E-state index in [0.717, 1.165) is 65.5 Å². The number of carboxylic acids is 1. The van der Waals surface area contributed by atoms with E-state index in [4.69, 9.17) is 4.74 Å². The van der Waals surface area contributed by atoms with Crippen LogP contribution in [0.3, 0.4) is 0 Å². The molecule has 1 aromatic heterocycles. The third-order valence-corrected chi connectivity index (χ3v) is 6.48. The van der Waals surface area contributed by atoms with Gasteiger partial charge in [0.25, 0.3) is 0 Å². The van der Waals surface area contributed by atoms with Gasteiger partial charge in [0.15, 0.2) is 5.96 Å². The quantitative estimate of drug-likeness (QED) is 0.283. The number of benzene rings is 1. The van der Waals surface area contributed by atoms with Gasteiger partial charge in [-0.05, 0) is 41.8 Å². The van der Waals surface area contributed by atoms with E-state index < -0.39 is 5.97 Å². The SMILES string of the molecule is O=C(O)CC(C1=CC2=CNSN2C=C1)c1c[nH]c2cc(OCCCNC3=NCCN3)ccc12. The highest BCUT2D eigenvalue weighted by Gasteiger charge is 2.26. The Morgan fingerprint density at radius 1 is 1.39 bits per heavy atom. The minimum absolute atomic E-state index is 0.0162. The van der Waals surface area contributed by atoms with E-state index in [1.165, 1.54) is 12.1 Å². The predicted molar refractivity (Wildman–Crippen MR) is 130 cm³/mol. The molecule has 0 saturated carbocycles. The van der Waals surface area contributed by atoms with E-state index in [1.807, 2.05) is 53.3 Å². The van der Waals surface area contributed by atoms with Gasteiger partial charge in [-0.2, -0.15) is 0 Å². The predicted octanol–water partition coefficient (Wildman–Crippen LogP) is 2.81. The molecule has 1 atom stereocenters. The van der Waals surface area contributed by atoms with Crippen LogP contribution in [0.4, 0.5) is 0 Å². The van der Waals surface area contributed by atoms with Gasteiger partial charge in [-0.1, -0.05) is 0 Å². The van der Waals surface area contributed by atoms with Crippen LogP contribution in [0, 0.1) is 0 Å². The van der Waals surface area contributed by atoms with Crippen molar-refractivity contribution >= 4 is 35.0 Å². The summed E-state index contributed by atoms with van der Waals surface area (Å²) in [5, 5.41) is 17.0. The number of rotatable bonds is 9. The number of hydrogen-bond donors (Lipinski definition) is 5. The molecule has 0 bridgehead atoms. The highest BCUT2D eigenvalue weighted by Crippen LogP contribution is 2.39. The van der Waals surface area contributed by atoms with E-state index in [1.54, 1.807) is 0 Å². The molecule has 1 unspecified atom stereocenters. The summed E-state index contributed by atoms with van der Waals surface area (Å²) in [6, 6.07) is 5.92. The Morgan fingerprint density at radius 3 is 3.18 bits per heavy atom. The van der Waals surface area contributed by atoms with Crippen molar-refractivity contribution in [1.29, 1.82) is 0 Å². The maximum Gasteiger partial charge on any atom is 0.304 e. The van der Waals surface area contributed by atoms with Crippen LogP contribution in [0.1, 0.15) is 24.3 Å². The van der Waals surface area contributed by atoms with E-state index in [0.29, 0.717) is 6.61 Å². The molecule has 0 amide bonds. The number of hydrogen-bond acceptors (Lipinski definition) is 8. The summed E-state index contributed by atoms with van der Waals surface area (Å²) >= 11 is 1.48. The van der Waals surface area contributed by atoms with Crippen LogP contribution in [0.2, 0.25) is 0 Å². The number of aromatic amines is 1. The smallest absolute Gasteiger partial charge is 0.304 e. The van der Waals surface area contributed by atoms with E-state index in [9.17, 15) is 9.90 Å². The first-order valence-corrected chi connectivity index (χ1v) is 11.7. The number of allylic oxidation sites excluding steroid dienone is 3. The number of guanidine groups is 1. The number of fused-ring (bicyclic) bond motifs is 2. The lowest BCUT2D eigenvalue weighted by molar-refractivity contribution is -0.137. The first kappa shape index (κ1) is 21.3. The molecule has 0 spiro atoms. The molecule has 3 aliphatic heterocycles. The Balaban J connectivity index is 1.28. The number of H-pyrrole nitrogens is 1. The fraction of sp³-hybridized carbons (Fsp3) is 0.304. The minimum Gasteiger partial charge on any atom is -0.493 e. The van der Waals surface area contributed by atoms with Crippen molar-refractivity contribution in [2.45, 2.75) is 18.8 Å². The molecule has 33 heavy (non-hydrogen) atoms. The van der Waals surface area contributed by atoms with Crippen LogP contribution >= 0.6 is 12.1 Å². The molecule has 0 aliphatic carbocycles. The lowest BCUT2D eigenvalue weighted by Gasteiger charge is -2.22. The second-order valence-corrected chi connectivity index (χ2v) is 8.76. The number of ether oxygens (including phenoxy) is 1. The number of carboxylic acid groups (broad SMARTS) is 1. The summed E-state index contributed by atoms with van der Waals surface area (Å²) < 4.78 is 11.0. The maximum absolute atomic E-state index is 11.7. The van der Waals surface area contributed by atoms with E-state index in [2.05, 4.69) is 25.3 Å². The Bertz CT molecular complexity index is 1170. The maximum atomic E-state index is 11.7. The molecular formula is C23H26N6O3S. The molecule has 172 valence electrons.